The molecule has 0 fully saturated rings. The van der Waals surface area contributed by atoms with E-state index in [9.17, 15) is 8.42 Å². The van der Waals surface area contributed by atoms with Gasteiger partial charge in [0.2, 0.25) is 0 Å². The summed E-state index contributed by atoms with van der Waals surface area (Å²) in [7, 11) is -1.45. The van der Waals surface area contributed by atoms with Gasteiger partial charge in [0.15, 0.2) is 21.3 Å². The van der Waals surface area contributed by atoms with Crippen LogP contribution in [0, 0.1) is 0 Å². The molecule has 0 amide bonds. The van der Waals surface area contributed by atoms with E-state index in [1.165, 1.54) is 0 Å². The van der Waals surface area contributed by atoms with Crippen molar-refractivity contribution in [2.24, 2.45) is 0 Å². The van der Waals surface area contributed by atoms with E-state index in [0.717, 1.165) is 25.1 Å². The number of rotatable bonds is 10. The summed E-state index contributed by atoms with van der Waals surface area (Å²) < 4.78 is 33.7. The zero-order valence-corrected chi connectivity index (χ0v) is 13.8. The number of methoxy groups -OCH3 is 1. The van der Waals surface area contributed by atoms with Crippen LogP contribution in [0.15, 0.2) is 18.2 Å². The van der Waals surface area contributed by atoms with Crippen LogP contribution in [0.4, 0.5) is 0 Å². The Morgan fingerprint density at radius 3 is 2.57 bits per heavy atom. The molecule has 0 radical (unpaired) electrons. The molecule has 1 aromatic carbocycles. The molecule has 0 unspecified atom stereocenters. The van der Waals surface area contributed by atoms with E-state index < -0.39 is 9.84 Å². The van der Waals surface area contributed by atoms with Crippen LogP contribution in [0.2, 0.25) is 0 Å². The monoisotopic (exact) mass is 315 g/mol. The van der Waals surface area contributed by atoms with Crippen molar-refractivity contribution in [1.29, 1.82) is 0 Å². The summed E-state index contributed by atoms with van der Waals surface area (Å²) in [6.07, 6.45) is 1.08. The van der Waals surface area contributed by atoms with Crippen molar-refractivity contribution in [2.45, 2.75) is 26.8 Å². The molecule has 0 heterocycles. The minimum Gasteiger partial charge on any atom is -0.493 e. The summed E-state index contributed by atoms with van der Waals surface area (Å²) >= 11 is 0. The summed E-state index contributed by atoms with van der Waals surface area (Å²) in [5.74, 6) is 1.35. The van der Waals surface area contributed by atoms with Crippen molar-refractivity contribution >= 4 is 9.84 Å². The Bertz CT molecular complexity index is 528. The molecule has 5 nitrogen and oxygen atoms in total. The van der Waals surface area contributed by atoms with E-state index >= 15 is 0 Å². The second-order valence-corrected chi connectivity index (χ2v) is 7.22. The number of sulfone groups is 1. The van der Waals surface area contributed by atoms with Crippen LogP contribution < -0.4 is 14.8 Å². The summed E-state index contributed by atoms with van der Waals surface area (Å²) in [4.78, 5) is 0. The Balaban J connectivity index is 2.67. The molecule has 0 saturated heterocycles. The number of hydrogen-bond donors (Lipinski definition) is 1. The molecule has 0 aliphatic carbocycles. The lowest BCUT2D eigenvalue weighted by Crippen LogP contribution is -2.16. The van der Waals surface area contributed by atoms with E-state index in [-0.39, 0.29) is 18.1 Å². The summed E-state index contributed by atoms with van der Waals surface area (Å²) in [6, 6.07) is 5.70. The number of hydrogen-bond acceptors (Lipinski definition) is 5. The molecule has 0 aliphatic rings. The molecule has 0 bridgehead atoms. The maximum Gasteiger partial charge on any atom is 0.161 e. The first-order valence-corrected chi connectivity index (χ1v) is 9.05. The second-order valence-electron chi connectivity index (χ2n) is 4.75. The fraction of sp³-hybridized carbons (Fsp3) is 0.600. The second kappa shape index (κ2) is 8.89. The molecule has 0 aromatic heterocycles. The summed E-state index contributed by atoms with van der Waals surface area (Å²) in [5.41, 5.74) is 1.08. The van der Waals surface area contributed by atoms with E-state index in [2.05, 4.69) is 12.2 Å². The normalized spacial score (nSPS) is 11.4. The van der Waals surface area contributed by atoms with Crippen molar-refractivity contribution in [2.75, 3.05) is 31.8 Å². The zero-order valence-electron chi connectivity index (χ0n) is 13.0. The fourth-order valence-corrected chi connectivity index (χ4v) is 2.40. The molecule has 0 atom stereocenters. The minimum atomic E-state index is -3.02. The lowest BCUT2D eigenvalue weighted by molar-refractivity contribution is 0.311. The third-order valence-electron chi connectivity index (χ3n) is 3.08. The van der Waals surface area contributed by atoms with Gasteiger partial charge >= 0.3 is 0 Å². The van der Waals surface area contributed by atoms with Crippen molar-refractivity contribution in [3.05, 3.63) is 23.8 Å². The van der Waals surface area contributed by atoms with Crippen LogP contribution in [-0.2, 0) is 16.4 Å². The standard InChI is InChI=1S/C15H25NO4S/c1-4-8-16-12-13-6-7-14(19-3)15(11-13)20-9-10-21(17,18)5-2/h6-7,11,16H,4-5,8-10,12H2,1-3H3. The topological polar surface area (TPSA) is 64.6 Å². The van der Waals surface area contributed by atoms with Gasteiger partial charge in [-0.3, -0.25) is 0 Å². The zero-order chi connectivity index (χ0) is 15.7. The van der Waals surface area contributed by atoms with E-state index in [1.54, 1.807) is 14.0 Å². The van der Waals surface area contributed by atoms with E-state index in [0.29, 0.717) is 11.5 Å². The predicted octanol–water partition coefficient (Wildman–Crippen LogP) is 2.01. The number of benzene rings is 1. The maximum atomic E-state index is 11.5. The van der Waals surface area contributed by atoms with Gasteiger partial charge in [-0.2, -0.15) is 0 Å². The largest absolute Gasteiger partial charge is 0.493 e. The van der Waals surface area contributed by atoms with Crippen LogP contribution >= 0.6 is 0 Å². The molecular formula is C15H25NO4S. The first-order chi connectivity index (χ1) is 10.0. The molecule has 1 rings (SSSR count). The van der Waals surface area contributed by atoms with Gasteiger partial charge in [-0.05, 0) is 30.7 Å². The SMILES string of the molecule is CCCNCc1ccc(OC)c(OCCS(=O)(=O)CC)c1. The quantitative estimate of drug-likeness (QED) is 0.669. The molecule has 0 aliphatic heterocycles. The van der Waals surface area contributed by atoms with Crippen LogP contribution in [0.25, 0.3) is 0 Å². The average Bonchev–Trinajstić information content (AvgIpc) is 2.48. The van der Waals surface area contributed by atoms with Crippen molar-refractivity contribution < 1.29 is 17.9 Å². The van der Waals surface area contributed by atoms with Gasteiger partial charge in [0.25, 0.3) is 0 Å². The first-order valence-electron chi connectivity index (χ1n) is 7.23. The van der Waals surface area contributed by atoms with Crippen LogP contribution in [0.1, 0.15) is 25.8 Å². The predicted molar refractivity (Wildman–Crippen MR) is 84.8 cm³/mol. The van der Waals surface area contributed by atoms with Gasteiger partial charge in [0, 0.05) is 12.3 Å². The highest BCUT2D eigenvalue weighted by atomic mass is 32.2. The Hall–Kier alpha value is -1.27. The fourth-order valence-electron chi connectivity index (χ4n) is 1.78. The molecule has 120 valence electrons. The van der Waals surface area contributed by atoms with Crippen LogP contribution in [-0.4, -0.2) is 40.2 Å². The summed E-state index contributed by atoms with van der Waals surface area (Å²) in [6.45, 7) is 5.59. The average molecular weight is 315 g/mol. The highest BCUT2D eigenvalue weighted by Gasteiger charge is 2.10. The Labute approximate surface area is 127 Å². The highest BCUT2D eigenvalue weighted by molar-refractivity contribution is 7.91. The van der Waals surface area contributed by atoms with Crippen LogP contribution in [0.3, 0.4) is 0 Å². The van der Waals surface area contributed by atoms with Gasteiger partial charge in [-0.25, -0.2) is 8.42 Å². The van der Waals surface area contributed by atoms with Gasteiger partial charge in [-0.15, -0.1) is 0 Å². The Kier molecular flexibility index (Phi) is 7.53. The Morgan fingerprint density at radius 2 is 1.95 bits per heavy atom. The van der Waals surface area contributed by atoms with Crippen molar-refractivity contribution in [1.82, 2.24) is 5.32 Å². The summed E-state index contributed by atoms with van der Waals surface area (Å²) in [5, 5.41) is 3.31. The molecule has 21 heavy (non-hydrogen) atoms. The van der Waals surface area contributed by atoms with Crippen molar-refractivity contribution in [3.63, 3.8) is 0 Å². The highest BCUT2D eigenvalue weighted by Crippen LogP contribution is 2.28. The molecule has 1 N–H and O–H groups in total. The molecule has 0 spiro atoms. The molecule has 6 heteroatoms. The lowest BCUT2D eigenvalue weighted by atomic mass is 10.2. The van der Waals surface area contributed by atoms with Gasteiger partial charge in [0.05, 0.1) is 12.9 Å². The van der Waals surface area contributed by atoms with Crippen molar-refractivity contribution in [3.8, 4) is 11.5 Å². The number of nitrogens with one attached hydrogen (secondary N) is 1. The molecular weight excluding hydrogens is 290 g/mol. The van der Waals surface area contributed by atoms with Gasteiger partial charge in [0.1, 0.15) is 6.61 Å². The number of ether oxygens (including phenoxy) is 2. The van der Waals surface area contributed by atoms with E-state index in [4.69, 9.17) is 9.47 Å². The third-order valence-corrected chi connectivity index (χ3v) is 4.74. The van der Waals surface area contributed by atoms with E-state index in [1.807, 2.05) is 18.2 Å². The lowest BCUT2D eigenvalue weighted by Gasteiger charge is -2.12. The smallest absolute Gasteiger partial charge is 0.161 e. The maximum absolute atomic E-state index is 11.5. The molecule has 1 aromatic rings. The molecule has 0 saturated carbocycles. The van der Waals surface area contributed by atoms with Gasteiger partial charge < -0.3 is 14.8 Å². The Morgan fingerprint density at radius 1 is 1.19 bits per heavy atom. The van der Waals surface area contributed by atoms with Gasteiger partial charge in [-0.1, -0.05) is 19.9 Å². The first kappa shape index (κ1) is 17.8. The van der Waals surface area contributed by atoms with Crippen LogP contribution in [0.5, 0.6) is 11.5 Å². The third kappa shape index (κ3) is 6.35. The minimum absolute atomic E-state index is 0.0188.